The first kappa shape index (κ1) is 11.0. The molecular formula is C12H25N. The molecule has 1 saturated heterocycles. The number of nitrogens with one attached hydrogen (secondary N) is 1. The third-order valence-corrected chi connectivity index (χ3v) is 3.64. The predicted molar refractivity (Wildman–Crippen MR) is 58.9 cm³/mol. The second kappa shape index (κ2) is 4.00. The zero-order chi connectivity index (χ0) is 9.95. The molecule has 1 aliphatic rings. The highest BCUT2D eigenvalue weighted by molar-refractivity contribution is 4.82. The first-order valence-corrected chi connectivity index (χ1v) is 5.68. The minimum absolute atomic E-state index is 0.509. The first-order valence-electron chi connectivity index (χ1n) is 5.68. The summed E-state index contributed by atoms with van der Waals surface area (Å²) in [6.07, 6.45) is 5.47. The van der Waals surface area contributed by atoms with Gasteiger partial charge in [0.15, 0.2) is 0 Å². The molecule has 13 heavy (non-hydrogen) atoms. The van der Waals surface area contributed by atoms with Gasteiger partial charge in [0.05, 0.1) is 0 Å². The lowest BCUT2D eigenvalue weighted by Crippen LogP contribution is -2.39. The zero-order valence-corrected chi connectivity index (χ0v) is 9.74. The zero-order valence-electron chi connectivity index (χ0n) is 9.74. The van der Waals surface area contributed by atoms with Gasteiger partial charge in [0, 0.05) is 13.1 Å². The maximum Gasteiger partial charge on any atom is 0.000529 e. The van der Waals surface area contributed by atoms with Gasteiger partial charge in [-0.3, -0.25) is 0 Å². The Morgan fingerprint density at radius 1 is 1.08 bits per heavy atom. The van der Waals surface area contributed by atoms with E-state index in [1.54, 1.807) is 0 Å². The van der Waals surface area contributed by atoms with Crippen LogP contribution in [-0.2, 0) is 0 Å². The van der Waals surface area contributed by atoms with E-state index < -0.39 is 0 Å². The Balaban J connectivity index is 2.48. The van der Waals surface area contributed by atoms with Crippen LogP contribution in [0.2, 0.25) is 0 Å². The van der Waals surface area contributed by atoms with Gasteiger partial charge in [-0.05, 0) is 30.1 Å². The molecule has 0 aromatic rings. The molecule has 1 rings (SSSR count). The summed E-state index contributed by atoms with van der Waals surface area (Å²) >= 11 is 0. The second-order valence-electron chi connectivity index (χ2n) is 5.79. The van der Waals surface area contributed by atoms with E-state index in [1.807, 2.05) is 0 Å². The van der Waals surface area contributed by atoms with E-state index in [4.69, 9.17) is 0 Å². The molecule has 0 aromatic carbocycles. The van der Waals surface area contributed by atoms with E-state index in [0.29, 0.717) is 10.8 Å². The fourth-order valence-corrected chi connectivity index (χ4v) is 2.17. The van der Waals surface area contributed by atoms with Crippen LogP contribution >= 0.6 is 0 Å². The lowest BCUT2D eigenvalue weighted by molar-refractivity contribution is 0.188. The summed E-state index contributed by atoms with van der Waals surface area (Å²) in [6.45, 7) is 11.9. The Hall–Kier alpha value is -0.0400. The van der Waals surface area contributed by atoms with Crippen LogP contribution in [0.15, 0.2) is 0 Å². The minimum atomic E-state index is 0.509. The van der Waals surface area contributed by atoms with Crippen molar-refractivity contribution >= 4 is 0 Å². The van der Waals surface area contributed by atoms with Crippen molar-refractivity contribution in [2.75, 3.05) is 13.1 Å². The maximum absolute atomic E-state index is 3.62. The highest BCUT2D eigenvalue weighted by Crippen LogP contribution is 2.33. The summed E-state index contributed by atoms with van der Waals surface area (Å²) in [6, 6.07) is 0. The van der Waals surface area contributed by atoms with Crippen molar-refractivity contribution in [2.45, 2.75) is 53.4 Å². The Kier molecular flexibility index (Phi) is 3.39. The van der Waals surface area contributed by atoms with E-state index >= 15 is 0 Å². The van der Waals surface area contributed by atoms with Crippen LogP contribution in [0.3, 0.4) is 0 Å². The summed E-state index contributed by atoms with van der Waals surface area (Å²) in [5, 5.41) is 3.62. The van der Waals surface area contributed by atoms with E-state index in [1.165, 1.54) is 38.8 Å². The SMILES string of the molecule is CCC1(C)CCCC(C)(C)CNC1. The molecule has 0 bridgehead atoms. The standard InChI is InChI=1S/C12H25N/c1-5-12(4)8-6-7-11(2,3)9-13-10-12/h13H,5-10H2,1-4H3. The molecule has 1 fully saturated rings. The van der Waals surface area contributed by atoms with Gasteiger partial charge in [0.1, 0.15) is 0 Å². The van der Waals surface area contributed by atoms with E-state index in [0.717, 1.165) is 0 Å². The van der Waals surface area contributed by atoms with E-state index in [2.05, 4.69) is 33.0 Å². The Labute approximate surface area is 83.3 Å². The third kappa shape index (κ3) is 3.30. The molecule has 0 saturated carbocycles. The van der Waals surface area contributed by atoms with Crippen LogP contribution in [0.4, 0.5) is 0 Å². The summed E-state index contributed by atoms with van der Waals surface area (Å²) < 4.78 is 0. The van der Waals surface area contributed by atoms with E-state index in [-0.39, 0.29) is 0 Å². The fourth-order valence-electron chi connectivity index (χ4n) is 2.17. The molecule has 0 radical (unpaired) electrons. The Morgan fingerprint density at radius 2 is 1.77 bits per heavy atom. The molecule has 1 heteroatoms. The molecule has 0 spiro atoms. The van der Waals surface area contributed by atoms with Gasteiger partial charge >= 0.3 is 0 Å². The van der Waals surface area contributed by atoms with Gasteiger partial charge in [0.2, 0.25) is 0 Å². The minimum Gasteiger partial charge on any atom is -0.316 e. The van der Waals surface area contributed by atoms with Crippen molar-refractivity contribution < 1.29 is 0 Å². The molecule has 1 nitrogen and oxygen atoms in total. The van der Waals surface area contributed by atoms with E-state index in [9.17, 15) is 0 Å². The van der Waals surface area contributed by atoms with Crippen LogP contribution in [0.25, 0.3) is 0 Å². The largest absolute Gasteiger partial charge is 0.316 e. The summed E-state index contributed by atoms with van der Waals surface area (Å²) in [5.74, 6) is 0. The highest BCUT2D eigenvalue weighted by atomic mass is 14.9. The van der Waals surface area contributed by atoms with Crippen molar-refractivity contribution in [1.82, 2.24) is 5.32 Å². The van der Waals surface area contributed by atoms with Crippen LogP contribution in [0.5, 0.6) is 0 Å². The average Bonchev–Trinajstić information content (AvgIpc) is 2.01. The van der Waals surface area contributed by atoms with Crippen molar-refractivity contribution in [3.63, 3.8) is 0 Å². The average molecular weight is 183 g/mol. The van der Waals surface area contributed by atoms with Gasteiger partial charge in [-0.2, -0.15) is 0 Å². The van der Waals surface area contributed by atoms with Crippen molar-refractivity contribution in [2.24, 2.45) is 10.8 Å². The van der Waals surface area contributed by atoms with Gasteiger partial charge in [0.25, 0.3) is 0 Å². The fraction of sp³-hybridized carbons (Fsp3) is 1.00. The quantitative estimate of drug-likeness (QED) is 0.658. The first-order chi connectivity index (χ1) is 5.97. The van der Waals surface area contributed by atoms with Gasteiger partial charge in [-0.25, -0.2) is 0 Å². The molecule has 78 valence electrons. The molecule has 1 N–H and O–H groups in total. The van der Waals surface area contributed by atoms with Crippen LogP contribution < -0.4 is 5.32 Å². The highest BCUT2D eigenvalue weighted by Gasteiger charge is 2.27. The van der Waals surface area contributed by atoms with Crippen LogP contribution in [-0.4, -0.2) is 13.1 Å². The van der Waals surface area contributed by atoms with Crippen LogP contribution in [0, 0.1) is 10.8 Å². The lowest BCUT2D eigenvalue weighted by atomic mass is 9.76. The Bertz CT molecular complexity index is 149. The predicted octanol–water partition coefficient (Wildman–Crippen LogP) is 3.20. The number of rotatable bonds is 1. The molecule has 0 amide bonds. The topological polar surface area (TPSA) is 12.0 Å². The summed E-state index contributed by atoms with van der Waals surface area (Å²) in [7, 11) is 0. The smallest absolute Gasteiger partial charge is 0.000529 e. The normalized spacial score (nSPS) is 35.1. The molecule has 1 unspecified atom stereocenters. The third-order valence-electron chi connectivity index (χ3n) is 3.64. The number of hydrogen-bond acceptors (Lipinski definition) is 1. The summed E-state index contributed by atoms with van der Waals surface area (Å²) in [4.78, 5) is 0. The monoisotopic (exact) mass is 183 g/mol. The van der Waals surface area contributed by atoms with Crippen molar-refractivity contribution in [3.8, 4) is 0 Å². The second-order valence-corrected chi connectivity index (χ2v) is 5.79. The summed E-state index contributed by atoms with van der Waals surface area (Å²) in [5.41, 5.74) is 1.06. The molecule has 1 heterocycles. The van der Waals surface area contributed by atoms with Crippen molar-refractivity contribution in [3.05, 3.63) is 0 Å². The molecule has 1 atom stereocenters. The molecular weight excluding hydrogens is 158 g/mol. The van der Waals surface area contributed by atoms with Gasteiger partial charge in [-0.1, -0.05) is 34.1 Å². The maximum atomic E-state index is 3.62. The van der Waals surface area contributed by atoms with Crippen molar-refractivity contribution in [1.29, 1.82) is 0 Å². The Morgan fingerprint density at radius 3 is 2.38 bits per heavy atom. The molecule has 1 aliphatic heterocycles. The number of hydrogen-bond donors (Lipinski definition) is 1. The molecule has 0 aliphatic carbocycles. The lowest BCUT2D eigenvalue weighted by Gasteiger charge is -2.36. The van der Waals surface area contributed by atoms with Crippen LogP contribution in [0.1, 0.15) is 53.4 Å². The van der Waals surface area contributed by atoms with Gasteiger partial charge in [-0.15, -0.1) is 0 Å². The van der Waals surface area contributed by atoms with Gasteiger partial charge < -0.3 is 5.32 Å². The molecule has 0 aromatic heterocycles.